The molecule has 1 aromatic heterocycles. The van der Waals surface area contributed by atoms with Crippen molar-refractivity contribution in [1.82, 2.24) is 15.5 Å². The normalized spacial score (nSPS) is 10.7. The summed E-state index contributed by atoms with van der Waals surface area (Å²) in [5.74, 6) is 1.08. The van der Waals surface area contributed by atoms with Crippen LogP contribution in [0.15, 0.2) is 32.9 Å². The number of amides is 1. The average Bonchev–Trinajstić information content (AvgIpc) is 3.01. The Bertz CT molecular complexity index is 619. The van der Waals surface area contributed by atoms with E-state index < -0.39 is 0 Å². The maximum atomic E-state index is 12.8. The zero-order chi connectivity index (χ0) is 16.5. The van der Waals surface area contributed by atoms with Crippen molar-refractivity contribution in [1.29, 1.82) is 0 Å². The number of carbonyl (C=O) groups excluding carboxylic acids is 1. The Labute approximate surface area is 147 Å². The molecule has 1 heterocycles. The van der Waals surface area contributed by atoms with E-state index in [1.54, 1.807) is 23.9 Å². The second kappa shape index (κ2) is 9.89. The van der Waals surface area contributed by atoms with Crippen molar-refractivity contribution in [2.24, 2.45) is 0 Å². The van der Waals surface area contributed by atoms with Crippen molar-refractivity contribution >= 4 is 40.8 Å². The Kier molecular flexibility index (Phi) is 7.84. The van der Waals surface area contributed by atoms with Crippen LogP contribution in [0.4, 0.5) is 4.39 Å². The zero-order valence-electron chi connectivity index (χ0n) is 12.8. The zero-order valence-corrected chi connectivity index (χ0v) is 15.2. The third-order valence-corrected chi connectivity index (χ3v) is 6.19. The van der Waals surface area contributed by atoms with E-state index in [4.69, 9.17) is 0 Å². The first kappa shape index (κ1) is 18.2. The number of nitrogens with zero attached hydrogens (tertiary/aromatic N) is 2. The molecule has 2 aromatic rings. The summed E-state index contributed by atoms with van der Waals surface area (Å²) >= 11 is 4.62. The van der Waals surface area contributed by atoms with Crippen molar-refractivity contribution in [3.8, 4) is 0 Å². The molecule has 0 aliphatic rings. The minimum Gasteiger partial charge on any atom is -0.355 e. The van der Waals surface area contributed by atoms with E-state index in [0.29, 0.717) is 18.7 Å². The highest BCUT2D eigenvalue weighted by atomic mass is 32.2. The SMILES string of the molecule is CCCSc1nnc(SCC(=O)NCCc2ccc(F)cc2)s1. The third kappa shape index (κ3) is 6.88. The van der Waals surface area contributed by atoms with Crippen LogP contribution in [0.2, 0.25) is 0 Å². The van der Waals surface area contributed by atoms with E-state index in [-0.39, 0.29) is 11.7 Å². The molecule has 8 heteroatoms. The molecule has 0 atom stereocenters. The van der Waals surface area contributed by atoms with E-state index in [1.165, 1.54) is 35.2 Å². The Balaban J connectivity index is 1.64. The molecular weight excluding hydrogens is 353 g/mol. The Morgan fingerprint density at radius 1 is 1.22 bits per heavy atom. The molecule has 1 N–H and O–H groups in total. The highest BCUT2D eigenvalue weighted by molar-refractivity contribution is 8.03. The molecule has 0 aliphatic carbocycles. The molecule has 0 spiro atoms. The van der Waals surface area contributed by atoms with Gasteiger partial charge in [0.1, 0.15) is 5.82 Å². The lowest BCUT2D eigenvalue weighted by molar-refractivity contribution is -0.118. The van der Waals surface area contributed by atoms with Crippen molar-refractivity contribution in [2.45, 2.75) is 28.4 Å². The topological polar surface area (TPSA) is 54.9 Å². The van der Waals surface area contributed by atoms with E-state index in [9.17, 15) is 9.18 Å². The van der Waals surface area contributed by atoms with Gasteiger partial charge in [-0.2, -0.15) is 0 Å². The van der Waals surface area contributed by atoms with Crippen LogP contribution in [0.5, 0.6) is 0 Å². The quantitative estimate of drug-likeness (QED) is 0.682. The fourth-order valence-corrected chi connectivity index (χ4v) is 4.45. The number of rotatable bonds is 9. The Morgan fingerprint density at radius 3 is 2.61 bits per heavy atom. The summed E-state index contributed by atoms with van der Waals surface area (Å²) in [7, 11) is 0. The molecule has 1 aromatic carbocycles. The Hall–Kier alpha value is -1.12. The minimum absolute atomic E-state index is 0.0323. The number of hydrogen-bond donors (Lipinski definition) is 1. The lowest BCUT2D eigenvalue weighted by Crippen LogP contribution is -2.27. The molecule has 2 rings (SSSR count). The fraction of sp³-hybridized carbons (Fsp3) is 0.400. The molecule has 23 heavy (non-hydrogen) atoms. The first-order valence-corrected chi connectivity index (χ1v) is 10.1. The minimum atomic E-state index is -0.247. The Morgan fingerprint density at radius 2 is 1.91 bits per heavy atom. The number of thioether (sulfide) groups is 2. The van der Waals surface area contributed by atoms with Crippen LogP contribution >= 0.6 is 34.9 Å². The predicted octanol–water partition coefficient (Wildman–Crippen LogP) is 3.63. The van der Waals surface area contributed by atoms with Crippen LogP contribution in [-0.4, -0.2) is 34.2 Å². The highest BCUT2D eigenvalue weighted by Crippen LogP contribution is 2.28. The number of halogens is 1. The van der Waals surface area contributed by atoms with Gasteiger partial charge in [-0.3, -0.25) is 4.79 Å². The lowest BCUT2D eigenvalue weighted by atomic mass is 10.1. The van der Waals surface area contributed by atoms with Gasteiger partial charge in [0.2, 0.25) is 5.91 Å². The van der Waals surface area contributed by atoms with Gasteiger partial charge in [0.25, 0.3) is 0 Å². The first-order valence-electron chi connectivity index (χ1n) is 7.27. The van der Waals surface area contributed by atoms with Gasteiger partial charge in [-0.25, -0.2) is 4.39 Å². The summed E-state index contributed by atoms with van der Waals surface area (Å²) in [5, 5.41) is 11.0. The average molecular weight is 372 g/mol. The second-order valence-corrected chi connectivity index (χ2v) is 8.24. The number of nitrogens with one attached hydrogen (secondary N) is 1. The summed E-state index contributed by atoms with van der Waals surface area (Å²) in [6, 6.07) is 6.31. The number of benzene rings is 1. The summed E-state index contributed by atoms with van der Waals surface area (Å²) < 4.78 is 14.6. The smallest absolute Gasteiger partial charge is 0.230 e. The van der Waals surface area contributed by atoms with E-state index in [1.807, 2.05) is 0 Å². The maximum Gasteiger partial charge on any atom is 0.230 e. The predicted molar refractivity (Wildman–Crippen MR) is 94.8 cm³/mol. The van der Waals surface area contributed by atoms with Gasteiger partial charge in [-0.05, 0) is 30.5 Å². The molecule has 1 amide bonds. The van der Waals surface area contributed by atoms with Crippen LogP contribution < -0.4 is 5.32 Å². The lowest BCUT2D eigenvalue weighted by Gasteiger charge is -2.04. The van der Waals surface area contributed by atoms with Gasteiger partial charge in [0.05, 0.1) is 5.75 Å². The maximum absolute atomic E-state index is 12.8. The molecule has 4 nitrogen and oxygen atoms in total. The largest absolute Gasteiger partial charge is 0.355 e. The summed E-state index contributed by atoms with van der Waals surface area (Å²) in [4.78, 5) is 11.8. The summed E-state index contributed by atoms with van der Waals surface area (Å²) in [6.45, 7) is 2.67. The van der Waals surface area contributed by atoms with Gasteiger partial charge < -0.3 is 5.32 Å². The van der Waals surface area contributed by atoms with Crippen molar-refractivity contribution < 1.29 is 9.18 Å². The van der Waals surface area contributed by atoms with Crippen molar-refractivity contribution in [3.05, 3.63) is 35.6 Å². The van der Waals surface area contributed by atoms with Crippen LogP contribution in [0.1, 0.15) is 18.9 Å². The summed E-state index contributed by atoms with van der Waals surface area (Å²) in [5.41, 5.74) is 1.00. The summed E-state index contributed by atoms with van der Waals surface area (Å²) in [6.07, 6.45) is 1.79. The van der Waals surface area contributed by atoms with Crippen molar-refractivity contribution in [2.75, 3.05) is 18.1 Å². The van der Waals surface area contributed by atoms with Gasteiger partial charge in [-0.15, -0.1) is 10.2 Å². The van der Waals surface area contributed by atoms with E-state index >= 15 is 0 Å². The van der Waals surface area contributed by atoms with Gasteiger partial charge >= 0.3 is 0 Å². The molecule has 0 unspecified atom stereocenters. The fourth-order valence-electron chi connectivity index (χ4n) is 1.68. The van der Waals surface area contributed by atoms with Gasteiger partial charge in [-0.1, -0.05) is 53.9 Å². The molecular formula is C15H18FN3OS3. The van der Waals surface area contributed by atoms with Crippen LogP contribution in [-0.2, 0) is 11.2 Å². The monoisotopic (exact) mass is 371 g/mol. The second-order valence-electron chi connectivity index (χ2n) is 4.70. The number of carbonyl (C=O) groups is 1. The highest BCUT2D eigenvalue weighted by Gasteiger charge is 2.08. The molecule has 0 saturated carbocycles. The van der Waals surface area contributed by atoms with Crippen molar-refractivity contribution in [3.63, 3.8) is 0 Å². The van der Waals surface area contributed by atoms with Gasteiger partial charge in [0, 0.05) is 12.3 Å². The standard InChI is InChI=1S/C15H18FN3OS3/c1-2-9-21-14-18-19-15(23-14)22-10-13(20)17-8-7-11-3-5-12(16)6-4-11/h3-6H,2,7-10H2,1H3,(H,17,20). The number of aromatic nitrogens is 2. The van der Waals surface area contributed by atoms with E-state index in [0.717, 1.165) is 26.4 Å². The van der Waals surface area contributed by atoms with Crippen LogP contribution in [0.25, 0.3) is 0 Å². The molecule has 124 valence electrons. The van der Waals surface area contributed by atoms with E-state index in [2.05, 4.69) is 22.4 Å². The van der Waals surface area contributed by atoms with Gasteiger partial charge in [0.15, 0.2) is 8.68 Å². The molecule has 0 saturated heterocycles. The number of hydrogen-bond acceptors (Lipinski definition) is 6. The van der Waals surface area contributed by atoms with Crippen LogP contribution in [0.3, 0.4) is 0 Å². The van der Waals surface area contributed by atoms with Crippen LogP contribution in [0, 0.1) is 5.82 Å². The molecule has 0 bridgehead atoms. The first-order chi connectivity index (χ1) is 11.2. The molecule has 0 radical (unpaired) electrons. The molecule has 0 aliphatic heterocycles. The third-order valence-electron chi connectivity index (χ3n) is 2.79. The molecule has 0 fully saturated rings.